The number of hydrogen-bond donors (Lipinski definition) is 0. The second kappa shape index (κ2) is 6.03. The third-order valence-corrected chi connectivity index (χ3v) is 4.33. The summed E-state index contributed by atoms with van der Waals surface area (Å²) in [4.78, 5) is 0. The van der Waals surface area contributed by atoms with Crippen molar-refractivity contribution in [2.75, 3.05) is 14.2 Å². The van der Waals surface area contributed by atoms with Gasteiger partial charge in [-0.2, -0.15) is 0 Å². The summed E-state index contributed by atoms with van der Waals surface area (Å²) < 4.78 is 13.1. The van der Waals surface area contributed by atoms with Gasteiger partial charge in [-0.25, -0.2) is 4.68 Å². The molecule has 120 valence electrons. The fraction of sp³-hybridized carbons (Fsp3) is 0.500. The lowest BCUT2D eigenvalue weighted by Crippen LogP contribution is -2.05. The predicted molar refractivity (Wildman–Crippen MR) is 90.1 cm³/mol. The molecule has 0 atom stereocenters. The third kappa shape index (κ3) is 2.47. The maximum atomic E-state index is 5.68. The molecule has 0 radical (unpaired) electrons. The van der Waals surface area contributed by atoms with Crippen LogP contribution >= 0.6 is 0 Å². The van der Waals surface area contributed by atoms with Gasteiger partial charge in [0.25, 0.3) is 0 Å². The number of nitrogens with zero attached hydrogens (tertiary/aromatic N) is 2. The van der Waals surface area contributed by atoms with Crippen LogP contribution in [0.2, 0.25) is 0 Å². The molecule has 0 aliphatic rings. The second-order valence-electron chi connectivity index (χ2n) is 6.07. The molecule has 22 heavy (non-hydrogen) atoms. The molecule has 0 saturated heterocycles. The highest BCUT2D eigenvalue weighted by Gasteiger charge is 2.26. The topological polar surface area (TPSA) is 36.3 Å². The maximum Gasteiger partial charge on any atom is 0.244 e. The van der Waals surface area contributed by atoms with Crippen LogP contribution in [0.3, 0.4) is 0 Å². The van der Waals surface area contributed by atoms with E-state index in [1.165, 1.54) is 22.3 Å². The summed E-state index contributed by atoms with van der Waals surface area (Å²) in [5.74, 6) is 1.37. The van der Waals surface area contributed by atoms with Crippen molar-refractivity contribution >= 4 is 0 Å². The maximum absolute atomic E-state index is 5.68. The lowest BCUT2D eigenvalue weighted by atomic mass is 9.90. The molecule has 0 bridgehead atoms. The Morgan fingerprint density at radius 1 is 0.909 bits per heavy atom. The summed E-state index contributed by atoms with van der Waals surface area (Å²) >= 11 is 0. The number of aromatic nitrogens is 2. The van der Waals surface area contributed by atoms with Gasteiger partial charge in [-0.05, 0) is 69.4 Å². The Kier molecular flexibility index (Phi) is 4.50. The lowest BCUT2D eigenvalue weighted by Gasteiger charge is -2.17. The summed E-state index contributed by atoms with van der Waals surface area (Å²) in [7, 11) is 3.34. The Balaban J connectivity index is 2.89. The first-order valence-corrected chi connectivity index (χ1v) is 7.61. The highest BCUT2D eigenvalue weighted by molar-refractivity contribution is 5.81. The van der Waals surface area contributed by atoms with E-state index in [2.05, 4.69) is 52.7 Å². The van der Waals surface area contributed by atoms with E-state index in [-0.39, 0.29) is 6.04 Å². The molecular weight excluding hydrogens is 276 g/mol. The first kappa shape index (κ1) is 16.4. The van der Waals surface area contributed by atoms with E-state index in [4.69, 9.17) is 9.47 Å². The van der Waals surface area contributed by atoms with Crippen molar-refractivity contribution in [3.05, 3.63) is 28.3 Å². The minimum atomic E-state index is 0.198. The van der Waals surface area contributed by atoms with Crippen molar-refractivity contribution in [2.45, 2.75) is 47.6 Å². The Hall–Kier alpha value is -1.97. The summed E-state index contributed by atoms with van der Waals surface area (Å²) in [5.41, 5.74) is 7.11. The van der Waals surface area contributed by atoms with Crippen LogP contribution in [0.4, 0.5) is 0 Å². The molecule has 0 N–H and O–H groups in total. The summed E-state index contributed by atoms with van der Waals surface area (Å²) in [6.45, 7) is 12.7. The van der Waals surface area contributed by atoms with Crippen molar-refractivity contribution in [3.63, 3.8) is 0 Å². The van der Waals surface area contributed by atoms with Crippen molar-refractivity contribution < 1.29 is 9.47 Å². The molecule has 2 rings (SSSR count). The minimum absolute atomic E-state index is 0.198. The fourth-order valence-corrected chi connectivity index (χ4v) is 2.89. The van der Waals surface area contributed by atoms with Gasteiger partial charge >= 0.3 is 0 Å². The Labute approximate surface area is 133 Å². The van der Waals surface area contributed by atoms with E-state index in [9.17, 15) is 0 Å². The smallest absolute Gasteiger partial charge is 0.244 e. The number of hydrogen-bond acceptors (Lipinski definition) is 3. The monoisotopic (exact) mass is 302 g/mol. The Morgan fingerprint density at radius 2 is 1.45 bits per heavy atom. The minimum Gasteiger partial charge on any atom is -0.481 e. The normalized spacial score (nSPS) is 11.1. The van der Waals surface area contributed by atoms with Crippen LogP contribution in [0.25, 0.3) is 11.1 Å². The van der Waals surface area contributed by atoms with Crippen LogP contribution in [0, 0.1) is 27.7 Å². The van der Waals surface area contributed by atoms with Crippen LogP contribution < -0.4 is 9.47 Å². The van der Waals surface area contributed by atoms with Crippen LogP contribution in [0.5, 0.6) is 11.8 Å². The third-order valence-electron chi connectivity index (χ3n) is 4.33. The van der Waals surface area contributed by atoms with Gasteiger partial charge < -0.3 is 9.47 Å². The van der Waals surface area contributed by atoms with E-state index in [0.717, 1.165) is 17.0 Å². The average molecular weight is 302 g/mol. The number of benzene rings is 1. The molecule has 1 heterocycles. The van der Waals surface area contributed by atoms with Gasteiger partial charge in [0.1, 0.15) is 5.56 Å². The summed E-state index contributed by atoms with van der Waals surface area (Å²) in [6.07, 6.45) is 0. The zero-order valence-electron chi connectivity index (χ0n) is 14.9. The number of aryl methyl sites for hydroxylation is 2. The zero-order chi connectivity index (χ0) is 16.6. The van der Waals surface area contributed by atoms with Crippen molar-refractivity contribution in [3.8, 4) is 22.9 Å². The van der Waals surface area contributed by atoms with E-state index in [1.54, 1.807) is 14.2 Å². The Bertz CT molecular complexity index is 674. The van der Waals surface area contributed by atoms with Gasteiger partial charge in [0, 0.05) is 0 Å². The highest BCUT2D eigenvalue weighted by atomic mass is 16.5. The molecule has 0 fully saturated rings. The highest BCUT2D eigenvalue weighted by Crippen LogP contribution is 2.43. The average Bonchev–Trinajstić information content (AvgIpc) is 2.84. The first-order valence-electron chi connectivity index (χ1n) is 7.61. The Morgan fingerprint density at radius 3 is 1.86 bits per heavy atom. The largest absolute Gasteiger partial charge is 0.481 e. The van der Waals surface area contributed by atoms with Gasteiger partial charge in [-0.3, -0.25) is 0 Å². The van der Waals surface area contributed by atoms with Crippen molar-refractivity contribution in [1.82, 2.24) is 9.78 Å². The molecule has 0 aliphatic heterocycles. The van der Waals surface area contributed by atoms with Crippen LogP contribution in [0.1, 0.15) is 42.1 Å². The SMILES string of the molecule is COc1nn(C(C)C)c(OC)c1-c1c(C)c(C)cc(C)c1C. The lowest BCUT2D eigenvalue weighted by molar-refractivity contribution is 0.340. The van der Waals surface area contributed by atoms with E-state index in [0.29, 0.717) is 5.88 Å². The number of rotatable bonds is 4. The second-order valence-corrected chi connectivity index (χ2v) is 6.07. The zero-order valence-corrected chi connectivity index (χ0v) is 14.9. The number of ether oxygens (including phenoxy) is 2. The molecule has 2 aromatic rings. The van der Waals surface area contributed by atoms with Gasteiger partial charge in [-0.15, -0.1) is 5.10 Å². The molecule has 0 spiro atoms. The van der Waals surface area contributed by atoms with Gasteiger partial charge in [0.05, 0.1) is 20.3 Å². The van der Waals surface area contributed by atoms with Gasteiger partial charge in [-0.1, -0.05) is 6.07 Å². The van der Waals surface area contributed by atoms with E-state index >= 15 is 0 Å². The quantitative estimate of drug-likeness (QED) is 0.841. The standard InChI is InChI=1S/C18H26N2O2/c1-10(2)20-18(22-8)16(17(19-20)21-7)15-13(5)11(3)9-12(4)14(15)6/h9-10H,1-8H3. The molecular formula is C18H26N2O2. The summed E-state index contributed by atoms with van der Waals surface area (Å²) in [6, 6.07) is 2.42. The fourth-order valence-electron chi connectivity index (χ4n) is 2.89. The van der Waals surface area contributed by atoms with Crippen LogP contribution in [-0.4, -0.2) is 24.0 Å². The first-order chi connectivity index (χ1) is 10.3. The molecule has 4 nitrogen and oxygen atoms in total. The van der Waals surface area contributed by atoms with Crippen molar-refractivity contribution in [1.29, 1.82) is 0 Å². The van der Waals surface area contributed by atoms with Crippen LogP contribution in [0.15, 0.2) is 6.07 Å². The molecule has 0 unspecified atom stereocenters. The number of methoxy groups -OCH3 is 2. The van der Waals surface area contributed by atoms with Crippen molar-refractivity contribution in [2.24, 2.45) is 0 Å². The van der Waals surface area contributed by atoms with Crippen LogP contribution in [-0.2, 0) is 0 Å². The molecule has 0 saturated carbocycles. The summed E-state index contributed by atoms with van der Waals surface area (Å²) in [5, 5.41) is 4.59. The predicted octanol–water partition coefficient (Wildman–Crippen LogP) is 4.38. The molecule has 4 heteroatoms. The molecule has 1 aromatic carbocycles. The molecule has 0 amide bonds. The van der Waals surface area contributed by atoms with E-state index < -0.39 is 0 Å². The van der Waals surface area contributed by atoms with Gasteiger partial charge in [0.15, 0.2) is 0 Å². The van der Waals surface area contributed by atoms with Gasteiger partial charge in [0.2, 0.25) is 11.8 Å². The molecule has 1 aromatic heterocycles. The van der Waals surface area contributed by atoms with E-state index in [1.807, 2.05) is 4.68 Å². The molecule has 0 aliphatic carbocycles.